The second kappa shape index (κ2) is 22.9. The largest absolute Gasteiger partial charge is 0.504 e. The van der Waals surface area contributed by atoms with Crippen LogP contribution in [0.5, 0.6) is 23.0 Å². The molecule has 14 rings (SSSR count). The van der Waals surface area contributed by atoms with Crippen molar-refractivity contribution in [2.45, 2.75) is 197 Å². The van der Waals surface area contributed by atoms with Gasteiger partial charge in [-0.25, -0.2) is 0 Å². The number of benzene rings is 2. The number of aliphatic hydroxyl groups is 3. The quantitative estimate of drug-likeness (QED) is 0.112. The van der Waals surface area contributed by atoms with E-state index in [1.807, 2.05) is 19.2 Å². The number of carbonyl (C=O) groups excluding carboxylic acids is 1. The number of ketones is 1. The fourth-order valence-electron chi connectivity index (χ4n) is 23.4. The summed E-state index contributed by atoms with van der Waals surface area (Å²) in [5.74, 6) is 11.3. The van der Waals surface area contributed by atoms with E-state index >= 15 is 4.79 Å². The van der Waals surface area contributed by atoms with Crippen molar-refractivity contribution in [1.82, 2.24) is 10.6 Å². The molecule has 10 fully saturated rings. The van der Waals surface area contributed by atoms with Crippen LogP contribution in [0, 0.1) is 117 Å². The maximum atomic E-state index is 16.2. The number of hydrogen-bond donors (Lipinski definition) is 7. The van der Waals surface area contributed by atoms with Crippen LogP contribution in [0.4, 0.5) is 5.69 Å². The highest BCUT2D eigenvalue weighted by molar-refractivity contribution is 5.97. The van der Waals surface area contributed by atoms with Gasteiger partial charge in [-0.15, -0.1) is 0 Å². The van der Waals surface area contributed by atoms with Crippen LogP contribution in [0.2, 0.25) is 0 Å². The third kappa shape index (κ3) is 9.56. The highest BCUT2D eigenvalue weighted by Crippen LogP contribution is 2.75. The molecule has 1 saturated heterocycles. The molecule has 86 heavy (non-hydrogen) atoms. The van der Waals surface area contributed by atoms with Gasteiger partial charge in [0.05, 0.1) is 18.9 Å². The zero-order valence-electron chi connectivity index (χ0n) is 51.9. The third-order valence-corrected chi connectivity index (χ3v) is 26.6. The maximum absolute atomic E-state index is 16.2. The molecule has 3 spiro atoms. The van der Waals surface area contributed by atoms with Crippen LogP contribution in [0.1, 0.15) is 179 Å². The first-order chi connectivity index (χ1) is 41.8. The summed E-state index contributed by atoms with van der Waals surface area (Å²) in [5.41, 5.74) is 0.858. The molecule has 3 aliphatic heterocycles. The van der Waals surface area contributed by atoms with E-state index in [0.29, 0.717) is 78.6 Å². The normalized spacial score (nSPS) is 42.6. The number of fused-ring (bicyclic) bond motifs is 13. The number of carbonyl (C=O) groups is 1. The summed E-state index contributed by atoms with van der Waals surface area (Å²) in [6.07, 6.45) is 32.6. The van der Waals surface area contributed by atoms with E-state index in [-0.39, 0.29) is 89.0 Å². The lowest BCUT2D eigenvalue weighted by Crippen LogP contribution is -2.60. The van der Waals surface area contributed by atoms with Crippen molar-refractivity contribution in [2.24, 2.45) is 98.2 Å². The Morgan fingerprint density at radius 1 is 0.907 bits per heavy atom. The number of aliphatic imine (C=N–C) groups is 1. The van der Waals surface area contributed by atoms with Crippen molar-refractivity contribution in [3.63, 3.8) is 0 Å². The summed E-state index contributed by atoms with van der Waals surface area (Å²) >= 11 is 0. The van der Waals surface area contributed by atoms with Gasteiger partial charge in [0.25, 0.3) is 0 Å². The number of likely N-dealkylation sites (N-methyl/N-ethyl adjacent to an activating group) is 1. The fraction of sp³-hybridized carbons (Fsp3) is 0.726. The Morgan fingerprint density at radius 3 is 2.57 bits per heavy atom. The summed E-state index contributed by atoms with van der Waals surface area (Å²) in [7, 11) is 5.40. The van der Waals surface area contributed by atoms with Crippen LogP contribution < -0.4 is 30.2 Å². The number of allylic oxidation sites excluding steroid dienone is 2. The smallest absolute Gasteiger partial charge is 0.207 e. The summed E-state index contributed by atoms with van der Waals surface area (Å²) in [6.45, 7) is 3.23. The van der Waals surface area contributed by atoms with E-state index in [4.69, 9.17) is 23.9 Å². The third-order valence-electron chi connectivity index (χ3n) is 26.6. The number of nitrogens with one attached hydrogen (secondary N) is 3. The molecule has 9 aliphatic carbocycles. The van der Waals surface area contributed by atoms with Crippen molar-refractivity contribution >= 4 is 17.4 Å². The molecule has 7 N–H and O–H groups in total. The molecule has 13 heteroatoms. The number of rotatable bonds is 10. The monoisotopic (exact) mass is 1170 g/mol. The molecule has 0 aromatic heterocycles. The Bertz CT molecular complexity index is 3100. The summed E-state index contributed by atoms with van der Waals surface area (Å²) in [4.78, 5) is 21.0. The molecule has 9 saturated carbocycles. The average molecular weight is 1180 g/mol. The summed E-state index contributed by atoms with van der Waals surface area (Å²) in [5, 5.41) is 56.3. The van der Waals surface area contributed by atoms with Crippen LogP contribution >= 0.6 is 0 Å². The number of phenols is 1. The SMILES string of the molecule is CCC1CCC2C(C1)C1C=CC(=O)C3(Cc4ccc(O)c(OC)c4)CCCC3CC#CNC(=NC)Nc3cc(cc4c3OC#CC3CCC5CC6(CC(CNC)(CC36)O4)CC3(O)OC4C(CO)CCC4CC53)C13CCC1(CCCC1)C3C2CCCO. The number of hydrogen-bond acceptors (Lipinski definition) is 11. The molecule has 19 atom stereocenters. The predicted molar refractivity (Wildman–Crippen MR) is 332 cm³/mol. The minimum atomic E-state index is -1.29. The zero-order valence-corrected chi connectivity index (χ0v) is 51.9. The van der Waals surface area contributed by atoms with Crippen LogP contribution in [-0.2, 0) is 21.4 Å². The van der Waals surface area contributed by atoms with E-state index in [2.05, 4.69) is 71.2 Å². The van der Waals surface area contributed by atoms with Gasteiger partial charge in [0.2, 0.25) is 11.7 Å². The maximum Gasteiger partial charge on any atom is 0.207 e. The lowest BCUT2D eigenvalue weighted by atomic mass is 9.42. The molecule has 2 aromatic carbocycles. The van der Waals surface area contributed by atoms with Crippen LogP contribution in [-0.4, -0.2) is 90.6 Å². The van der Waals surface area contributed by atoms with Crippen LogP contribution in [0.25, 0.3) is 0 Å². The molecule has 464 valence electrons. The Hall–Kier alpha value is -4.76. The zero-order chi connectivity index (χ0) is 59.2. The topological polar surface area (TPSA) is 183 Å². The fourth-order valence-corrected chi connectivity index (χ4v) is 23.4. The van der Waals surface area contributed by atoms with Gasteiger partial charge >= 0.3 is 0 Å². The first kappa shape index (κ1) is 58.9. The lowest BCUT2D eigenvalue weighted by Gasteiger charge is -2.62. The minimum absolute atomic E-state index is 0.00186. The number of ether oxygens (including phenoxy) is 4. The van der Waals surface area contributed by atoms with Gasteiger partial charge in [-0.05, 0) is 241 Å². The van der Waals surface area contributed by atoms with Crippen molar-refractivity contribution < 1.29 is 44.2 Å². The van der Waals surface area contributed by atoms with E-state index in [9.17, 15) is 20.4 Å². The number of guanidine groups is 1. The van der Waals surface area contributed by atoms with E-state index < -0.39 is 22.2 Å². The molecule has 13 nitrogen and oxygen atoms in total. The second-order valence-electron chi connectivity index (χ2n) is 30.3. The van der Waals surface area contributed by atoms with Crippen molar-refractivity contribution in [2.75, 3.05) is 46.3 Å². The Balaban J connectivity index is 0.958. The molecule has 0 radical (unpaired) electrons. The van der Waals surface area contributed by atoms with Crippen LogP contribution in [0.15, 0.2) is 47.5 Å². The van der Waals surface area contributed by atoms with E-state index in [0.717, 1.165) is 120 Å². The van der Waals surface area contributed by atoms with Gasteiger partial charge in [-0.3, -0.25) is 15.1 Å². The molecule has 6 bridgehead atoms. The summed E-state index contributed by atoms with van der Waals surface area (Å²) in [6, 6.07) is 13.6. The average Bonchev–Trinajstić information content (AvgIpc) is 1.45. The van der Waals surface area contributed by atoms with Gasteiger partial charge in [-0.2, -0.15) is 0 Å². The van der Waals surface area contributed by atoms with Gasteiger partial charge in [0.1, 0.15) is 11.7 Å². The highest BCUT2D eigenvalue weighted by Gasteiger charge is 2.70. The van der Waals surface area contributed by atoms with Gasteiger partial charge in [0, 0.05) is 74.3 Å². The molecule has 2 aromatic rings. The summed E-state index contributed by atoms with van der Waals surface area (Å²) < 4.78 is 27.9. The predicted octanol–water partition coefficient (Wildman–Crippen LogP) is 11.6. The Labute approximate surface area is 511 Å². The molecular weight excluding hydrogens is 1080 g/mol. The Morgan fingerprint density at radius 2 is 1.77 bits per heavy atom. The van der Waals surface area contributed by atoms with Crippen molar-refractivity contribution in [3.8, 4) is 47.0 Å². The minimum Gasteiger partial charge on any atom is -0.504 e. The molecule has 12 aliphatic rings. The number of nitrogens with zero attached hydrogens (tertiary/aromatic N) is 1. The first-order valence-electron chi connectivity index (χ1n) is 34.2. The number of aromatic hydroxyl groups is 1. The van der Waals surface area contributed by atoms with Crippen molar-refractivity contribution in [3.05, 3.63) is 53.6 Å². The standard InChI is InChI=1S/C73H98N4O9/c1-5-45-14-20-53-54(13-10-31-78)66-68(25-6-7-26-68)28-29-72(66)52-36-59(77-67(75-3)76-30-9-12-51-11-8-27-71(51,63(81)23-21-56(72)55(53)33-45)38-46-15-22-60(80)61(34-46)83-4)65-62(37-52)85-70(44-74-2)40-58-47(24-32-84-65)16-18-49-39-69(58,42-70)43-73(82)57(49)35-48-17-19-50(41-79)64(48)86-73/h15,21-23,34,36-37,45,47-51,53-58,64,66,74,78-80,82H,5-8,10-14,16-20,25-29,31,33,35,38-44H2,1-4H3,(H2,75,76,77). The van der Waals surface area contributed by atoms with Gasteiger partial charge < -0.3 is 50.0 Å². The van der Waals surface area contributed by atoms with E-state index in [1.54, 1.807) is 20.2 Å². The lowest BCUT2D eigenvalue weighted by molar-refractivity contribution is -0.338. The van der Waals surface area contributed by atoms with Gasteiger partial charge in [-0.1, -0.05) is 63.0 Å². The first-order valence-corrected chi connectivity index (χ1v) is 34.2. The molecular formula is C73H98N4O9. The number of anilines is 1. The number of methoxy groups -OCH3 is 1. The van der Waals surface area contributed by atoms with Gasteiger partial charge in [0.15, 0.2) is 28.8 Å². The van der Waals surface area contributed by atoms with E-state index in [1.165, 1.54) is 44.1 Å². The van der Waals surface area contributed by atoms with Crippen LogP contribution in [0.3, 0.4) is 0 Å². The number of phenolic OH excluding ortho intramolecular Hbond substituents is 1. The highest BCUT2D eigenvalue weighted by atomic mass is 16.6. The second-order valence-corrected chi connectivity index (χ2v) is 30.3. The molecule has 19 unspecified atom stereocenters. The molecule has 3 heterocycles. The Kier molecular flexibility index (Phi) is 15.7. The van der Waals surface area contributed by atoms with Crippen molar-refractivity contribution in [1.29, 1.82) is 0 Å². The molecule has 0 amide bonds. The number of aliphatic hydroxyl groups excluding tert-OH is 2.